The first-order valence-electron chi connectivity index (χ1n) is 7.37. The minimum absolute atomic E-state index is 0.0851. The van der Waals surface area contributed by atoms with Crippen molar-refractivity contribution >= 4 is 5.95 Å². The number of H-pyrrole nitrogens is 1. The fraction of sp³-hybridized carbons (Fsp3) is 0.375. The molecule has 0 radical (unpaired) electrons. The lowest BCUT2D eigenvalue weighted by Gasteiger charge is -2.35. The van der Waals surface area contributed by atoms with Crippen molar-refractivity contribution in [3.63, 3.8) is 0 Å². The van der Waals surface area contributed by atoms with Crippen LogP contribution in [-0.4, -0.2) is 15.2 Å². The summed E-state index contributed by atoms with van der Waals surface area (Å²) in [5.74, 6) is 0.101. The summed E-state index contributed by atoms with van der Waals surface area (Å²) in [6, 6.07) is 8.12. The number of aromatic nitrogens is 2. The quantitative estimate of drug-likeness (QED) is 0.703. The molecule has 0 bridgehead atoms. The molecule has 1 aromatic heterocycles. The standard InChI is InChI=1S/C16H17N3O2/c20-14-12-13(17-15(18-14)19-21)11-6-2-1-5-10(11)9-16(12)7-3-4-8-16/h1-2,5-6,21H,3-4,7-9H2,(H2,17,18,19,20). The van der Waals surface area contributed by atoms with E-state index < -0.39 is 0 Å². The van der Waals surface area contributed by atoms with E-state index in [1.165, 1.54) is 5.56 Å². The number of hydrogen-bond acceptors (Lipinski definition) is 4. The Morgan fingerprint density at radius 2 is 2.00 bits per heavy atom. The molecule has 4 rings (SSSR count). The van der Waals surface area contributed by atoms with Gasteiger partial charge in [-0.15, -0.1) is 0 Å². The molecule has 1 saturated carbocycles. The predicted octanol–water partition coefficient (Wildman–Crippen LogP) is 2.61. The van der Waals surface area contributed by atoms with Crippen LogP contribution in [0.5, 0.6) is 0 Å². The highest BCUT2D eigenvalue weighted by Crippen LogP contribution is 2.49. The Hall–Kier alpha value is -2.14. The lowest BCUT2D eigenvalue weighted by atomic mass is 9.68. The van der Waals surface area contributed by atoms with Gasteiger partial charge in [-0.05, 0) is 24.8 Å². The molecule has 0 unspecified atom stereocenters. The van der Waals surface area contributed by atoms with Crippen LogP contribution in [-0.2, 0) is 11.8 Å². The molecule has 3 N–H and O–H groups in total. The second-order valence-electron chi connectivity index (χ2n) is 6.07. The molecule has 1 spiro atoms. The molecule has 1 fully saturated rings. The summed E-state index contributed by atoms with van der Waals surface area (Å²) in [5.41, 5.74) is 5.52. The normalized spacial score (nSPS) is 18.3. The molecule has 5 nitrogen and oxygen atoms in total. The molecule has 1 heterocycles. The zero-order valence-corrected chi connectivity index (χ0v) is 11.6. The van der Waals surface area contributed by atoms with Gasteiger partial charge in [0.2, 0.25) is 5.95 Å². The summed E-state index contributed by atoms with van der Waals surface area (Å²) in [7, 11) is 0. The molecule has 0 atom stereocenters. The van der Waals surface area contributed by atoms with E-state index in [0.717, 1.165) is 48.9 Å². The second-order valence-corrected chi connectivity index (χ2v) is 6.07. The molecule has 1 aromatic carbocycles. The zero-order valence-electron chi connectivity index (χ0n) is 11.6. The smallest absolute Gasteiger partial charge is 0.256 e. The van der Waals surface area contributed by atoms with Crippen molar-refractivity contribution in [2.45, 2.75) is 37.5 Å². The van der Waals surface area contributed by atoms with Gasteiger partial charge in [-0.25, -0.2) is 10.5 Å². The number of fused-ring (bicyclic) bond motifs is 4. The molecule has 2 aromatic rings. The van der Waals surface area contributed by atoms with Crippen molar-refractivity contribution in [3.8, 4) is 11.3 Å². The molecule has 2 aliphatic rings. The largest absolute Gasteiger partial charge is 0.291 e. The van der Waals surface area contributed by atoms with Crippen LogP contribution in [0.25, 0.3) is 11.3 Å². The first kappa shape index (κ1) is 12.6. The van der Waals surface area contributed by atoms with Crippen LogP contribution in [0.3, 0.4) is 0 Å². The Balaban J connectivity index is 2.05. The number of hydrogen-bond donors (Lipinski definition) is 3. The highest BCUT2D eigenvalue weighted by molar-refractivity contribution is 5.72. The summed E-state index contributed by atoms with van der Waals surface area (Å²) in [6.07, 6.45) is 5.28. The number of benzene rings is 1. The van der Waals surface area contributed by atoms with E-state index >= 15 is 0 Å². The van der Waals surface area contributed by atoms with Gasteiger partial charge in [0.15, 0.2) is 0 Å². The van der Waals surface area contributed by atoms with Crippen molar-refractivity contribution < 1.29 is 5.21 Å². The molecule has 108 valence electrons. The summed E-state index contributed by atoms with van der Waals surface area (Å²) in [4.78, 5) is 19.6. The van der Waals surface area contributed by atoms with Crippen LogP contribution in [0.2, 0.25) is 0 Å². The number of anilines is 1. The third-order valence-corrected chi connectivity index (χ3v) is 4.92. The molecule has 0 aliphatic heterocycles. The minimum atomic E-state index is -0.132. The Kier molecular flexibility index (Phi) is 2.65. The SMILES string of the molecule is O=c1[nH]c(NO)nc2c1C1(CCCC1)Cc1ccccc1-2. The lowest BCUT2D eigenvalue weighted by molar-refractivity contribution is 0.380. The minimum Gasteiger partial charge on any atom is -0.291 e. The Bertz CT molecular complexity index is 760. The number of nitrogens with zero attached hydrogens (tertiary/aromatic N) is 1. The fourth-order valence-electron chi connectivity index (χ4n) is 4.05. The molecular formula is C16H17N3O2. The van der Waals surface area contributed by atoms with E-state index in [1.807, 2.05) is 23.7 Å². The van der Waals surface area contributed by atoms with Crippen LogP contribution < -0.4 is 11.0 Å². The van der Waals surface area contributed by atoms with E-state index in [9.17, 15) is 4.79 Å². The Labute approximate surface area is 122 Å². The Morgan fingerprint density at radius 3 is 2.76 bits per heavy atom. The van der Waals surface area contributed by atoms with Gasteiger partial charge in [0.05, 0.1) is 11.3 Å². The highest BCUT2D eigenvalue weighted by Gasteiger charge is 2.43. The Morgan fingerprint density at radius 1 is 1.24 bits per heavy atom. The van der Waals surface area contributed by atoms with Crippen molar-refractivity contribution in [1.82, 2.24) is 9.97 Å². The van der Waals surface area contributed by atoms with E-state index in [-0.39, 0.29) is 16.9 Å². The van der Waals surface area contributed by atoms with Gasteiger partial charge in [-0.1, -0.05) is 37.1 Å². The van der Waals surface area contributed by atoms with Crippen LogP contribution in [0, 0.1) is 0 Å². The van der Waals surface area contributed by atoms with E-state index in [0.29, 0.717) is 0 Å². The molecule has 0 saturated heterocycles. The van der Waals surface area contributed by atoms with Gasteiger partial charge in [0, 0.05) is 11.0 Å². The molecule has 2 aliphatic carbocycles. The van der Waals surface area contributed by atoms with Gasteiger partial charge >= 0.3 is 0 Å². The highest BCUT2D eigenvalue weighted by atomic mass is 16.5. The van der Waals surface area contributed by atoms with Gasteiger partial charge in [-0.3, -0.25) is 15.0 Å². The van der Waals surface area contributed by atoms with Crippen LogP contribution in [0.1, 0.15) is 36.8 Å². The summed E-state index contributed by atoms with van der Waals surface area (Å²) in [6.45, 7) is 0. The number of rotatable bonds is 1. The van der Waals surface area contributed by atoms with Crippen molar-refractivity contribution in [2.24, 2.45) is 0 Å². The van der Waals surface area contributed by atoms with Crippen LogP contribution >= 0.6 is 0 Å². The van der Waals surface area contributed by atoms with Crippen molar-refractivity contribution in [3.05, 3.63) is 45.7 Å². The third kappa shape index (κ3) is 1.74. The maximum absolute atomic E-state index is 12.6. The van der Waals surface area contributed by atoms with E-state index in [2.05, 4.69) is 16.0 Å². The first-order chi connectivity index (χ1) is 10.2. The molecule has 0 amide bonds. The van der Waals surface area contributed by atoms with E-state index in [4.69, 9.17) is 5.21 Å². The maximum Gasteiger partial charge on any atom is 0.256 e. The van der Waals surface area contributed by atoms with Crippen LogP contribution in [0.4, 0.5) is 5.95 Å². The average molecular weight is 283 g/mol. The molecule has 21 heavy (non-hydrogen) atoms. The molecule has 5 heteroatoms. The third-order valence-electron chi connectivity index (χ3n) is 4.92. The first-order valence-corrected chi connectivity index (χ1v) is 7.37. The van der Waals surface area contributed by atoms with Gasteiger partial charge in [0.1, 0.15) is 0 Å². The monoisotopic (exact) mass is 283 g/mol. The summed E-state index contributed by atoms with van der Waals surface area (Å²) >= 11 is 0. The zero-order chi connectivity index (χ0) is 14.4. The van der Waals surface area contributed by atoms with Gasteiger partial charge in [-0.2, -0.15) is 0 Å². The second kappa shape index (κ2) is 4.43. The summed E-state index contributed by atoms with van der Waals surface area (Å²) < 4.78 is 0. The van der Waals surface area contributed by atoms with Crippen molar-refractivity contribution in [1.29, 1.82) is 0 Å². The number of aromatic amines is 1. The molecular weight excluding hydrogens is 266 g/mol. The van der Waals surface area contributed by atoms with Crippen LogP contribution in [0.15, 0.2) is 29.1 Å². The summed E-state index contributed by atoms with van der Waals surface area (Å²) in [5, 5.41) is 9.09. The topological polar surface area (TPSA) is 78.0 Å². The van der Waals surface area contributed by atoms with Gasteiger partial charge < -0.3 is 0 Å². The average Bonchev–Trinajstić information content (AvgIpc) is 2.95. The fourth-order valence-corrected chi connectivity index (χ4v) is 4.05. The van der Waals surface area contributed by atoms with E-state index in [1.54, 1.807) is 0 Å². The van der Waals surface area contributed by atoms with Gasteiger partial charge in [0.25, 0.3) is 5.56 Å². The maximum atomic E-state index is 12.6. The predicted molar refractivity (Wildman–Crippen MR) is 79.6 cm³/mol. The lowest BCUT2D eigenvalue weighted by Crippen LogP contribution is -2.37. The van der Waals surface area contributed by atoms with Crippen molar-refractivity contribution in [2.75, 3.05) is 5.48 Å². The number of nitrogens with one attached hydrogen (secondary N) is 2.